The van der Waals surface area contributed by atoms with Crippen LogP contribution in [-0.2, 0) is 0 Å². The second-order valence-corrected chi connectivity index (χ2v) is 4.57. The number of nitrogens with zero attached hydrogens (tertiary/aromatic N) is 1. The second kappa shape index (κ2) is 8.25. The summed E-state index contributed by atoms with van der Waals surface area (Å²) in [6.07, 6.45) is 2.49. The Hall–Kier alpha value is -0.0800. The Morgan fingerprint density at radius 2 is 1.79 bits per heavy atom. The Kier molecular flexibility index (Phi) is 8.20. The van der Waals surface area contributed by atoms with Crippen molar-refractivity contribution in [2.24, 2.45) is 5.92 Å². The molecule has 0 radical (unpaired) electrons. The van der Waals surface area contributed by atoms with Crippen LogP contribution in [0, 0.1) is 5.92 Å². The number of rotatable bonds is 8. The van der Waals surface area contributed by atoms with Crippen LogP contribution in [0.1, 0.15) is 40.5 Å². The summed E-state index contributed by atoms with van der Waals surface area (Å²) >= 11 is 0. The predicted molar refractivity (Wildman–Crippen MR) is 64.7 cm³/mol. The molecule has 0 rings (SSSR count). The normalized spacial score (nSPS) is 13.9. The maximum absolute atomic E-state index is 3.43. The van der Waals surface area contributed by atoms with Gasteiger partial charge in [-0.15, -0.1) is 0 Å². The van der Waals surface area contributed by atoms with E-state index in [2.05, 4.69) is 45.0 Å². The first-order valence-corrected chi connectivity index (χ1v) is 6.00. The van der Waals surface area contributed by atoms with E-state index < -0.39 is 0 Å². The van der Waals surface area contributed by atoms with Gasteiger partial charge in [-0.2, -0.15) is 0 Å². The van der Waals surface area contributed by atoms with Gasteiger partial charge < -0.3 is 10.2 Å². The number of hydrogen-bond acceptors (Lipinski definition) is 2. The molecule has 0 aromatic rings. The van der Waals surface area contributed by atoms with E-state index in [-0.39, 0.29) is 0 Å². The van der Waals surface area contributed by atoms with Crippen molar-refractivity contribution in [3.63, 3.8) is 0 Å². The van der Waals surface area contributed by atoms with E-state index in [4.69, 9.17) is 0 Å². The van der Waals surface area contributed by atoms with Crippen LogP contribution in [0.5, 0.6) is 0 Å². The van der Waals surface area contributed by atoms with Gasteiger partial charge in [-0.1, -0.05) is 20.8 Å². The SMILES string of the molecule is CCCNCCCN(C)C(C)C(C)C. The Bertz CT molecular complexity index is 123. The molecular formula is C12H28N2. The Morgan fingerprint density at radius 1 is 1.14 bits per heavy atom. The highest BCUT2D eigenvalue weighted by atomic mass is 15.1. The van der Waals surface area contributed by atoms with Crippen LogP contribution in [0.3, 0.4) is 0 Å². The third kappa shape index (κ3) is 6.39. The molecule has 0 saturated heterocycles. The maximum Gasteiger partial charge on any atom is 0.00868 e. The van der Waals surface area contributed by atoms with Crippen molar-refractivity contribution in [3.05, 3.63) is 0 Å². The highest BCUT2D eigenvalue weighted by Crippen LogP contribution is 2.07. The molecule has 0 aromatic carbocycles. The largest absolute Gasteiger partial charge is 0.317 e. The van der Waals surface area contributed by atoms with Crippen molar-refractivity contribution in [1.29, 1.82) is 0 Å². The molecule has 86 valence electrons. The van der Waals surface area contributed by atoms with Gasteiger partial charge in [0.15, 0.2) is 0 Å². The molecule has 1 unspecified atom stereocenters. The molecule has 0 spiro atoms. The molecule has 0 aliphatic heterocycles. The quantitative estimate of drug-likeness (QED) is 0.605. The zero-order valence-corrected chi connectivity index (χ0v) is 10.6. The second-order valence-electron chi connectivity index (χ2n) is 4.57. The predicted octanol–water partition coefficient (Wildman–Crippen LogP) is 2.35. The standard InChI is InChI=1S/C12H28N2/c1-6-8-13-9-7-10-14(5)12(4)11(2)3/h11-13H,6-10H2,1-5H3. The summed E-state index contributed by atoms with van der Waals surface area (Å²) in [7, 11) is 2.23. The molecule has 0 fully saturated rings. The fourth-order valence-electron chi connectivity index (χ4n) is 1.47. The van der Waals surface area contributed by atoms with Crippen LogP contribution in [0.4, 0.5) is 0 Å². The minimum atomic E-state index is 0.696. The van der Waals surface area contributed by atoms with Gasteiger partial charge in [0.2, 0.25) is 0 Å². The van der Waals surface area contributed by atoms with Gasteiger partial charge in [0.1, 0.15) is 0 Å². The van der Waals surface area contributed by atoms with Gasteiger partial charge in [0, 0.05) is 6.04 Å². The maximum atomic E-state index is 3.43. The molecule has 2 nitrogen and oxygen atoms in total. The van der Waals surface area contributed by atoms with Gasteiger partial charge in [-0.05, 0) is 52.4 Å². The van der Waals surface area contributed by atoms with Gasteiger partial charge in [-0.25, -0.2) is 0 Å². The molecule has 0 amide bonds. The third-order valence-electron chi connectivity index (χ3n) is 2.95. The van der Waals surface area contributed by atoms with Crippen LogP contribution in [-0.4, -0.2) is 37.6 Å². The van der Waals surface area contributed by atoms with Gasteiger partial charge in [0.05, 0.1) is 0 Å². The number of nitrogens with one attached hydrogen (secondary N) is 1. The van der Waals surface area contributed by atoms with E-state index in [0.717, 1.165) is 19.0 Å². The first kappa shape index (κ1) is 13.9. The Balaban J connectivity index is 3.39. The lowest BCUT2D eigenvalue weighted by Crippen LogP contribution is -2.35. The van der Waals surface area contributed by atoms with Crippen molar-refractivity contribution in [2.45, 2.75) is 46.6 Å². The van der Waals surface area contributed by atoms with Gasteiger partial charge >= 0.3 is 0 Å². The lowest BCUT2D eigenvalue weighted by molar-refractivity contribution is 0.205. The van der Waals surface area contributed by atoms with Crippen LogP contribution < -0.4 is 5.32 Å². The van der Waals surface area contributed by atoms with E-state index in [9.17, 15) is 0 Å². The van der Waals surface area contributed by atoms with Crippen LogP contribution in [0.15, 0.2) is 0 Å². The van der Waals surface area contributed by atoms with E-state index >= 15 is 0 Å². The Morgan fingerprint density at radius 3 is 2.29 bits per heavy atom. The average molecular weight is 200 g/mol. The molecule has 14 heavy (non-hydrogen) atoms. The molecule has 1 atom stereocenters. The smallest absolute Gasteiger partial charge is 0.00868 e. The molecule has 0 saturated carbocycles. The third-order valence-corrected chi connectivity index (χ3v) is 2.95. The zero-order valence-electron chi connectivity index (χ0n) is 10.6. The molecule has 0 heterocycles. The van der Waals surface area contributed by atoms with E-state index in [0.29, 0.717) is 6.04 Å². The van der Waals surface area contributed by atoms with E-state index in [1.54, 1.807) is 0 Å². The fraction of sp³-hybridized carbons (Fsp3) is 1.00. The molecule has 1 N–H and O–H groups in total. The van der Waals surface area contributed by atoms with Crippen LogP contribution >= 0.6 is 0 Å². The average Bonchev–Trinajstić information content (AvgIpc) is 2.16. The summed E-state index contributed by atoms with van der Waals surface area (Å²) < 4.78 is 0. The summed E-state index contributed by atoms with van der Waals surface area (Å²) in [5, 5.41) is 3.43. The zero-order chi connectivity index (χ0) is 11.0. The minimum Gasteiger partial charge on any atom is -0.317 e. The van der Waals surface area contributed by atoms with Crippen molar-refractivity contribution in [3.8, 4) is 0 Å². The number of hydrogen-bond donors (Lipinski definition) is 1. The summed E-state index contributed by atoms with van der Waals surface area (Å²) in [4.78, 5) is 2.46. The summed E-state index contributed by atoms with van der Waals surface area (Å²) in [5.74, 6) is 0.753. The highest BCUT2D eigenvalue weighted by Gasteiger charge is 2.11. The lowest BCUT2D eigenvalue weighted by Gasteiger charge is -2.27. The topological polar surface area (TPSA) is 15.3 Å². The van der Waals surface area contributed by atoms with Crippen molar-refractivity contribution in [1.82, 2.24) is 10.2 Å². The summed E-state index contributed by atoms with van der Waals surface area (Å²) in [6, 6.07) is 0.696. The molecule has 0 aromatic heterocycles. The van der Waals surface area contributed by atoms with Crippen LogP contribution in [0.25, 0.3) is 0 Å². The van der Waals surface area contributed by atoms with Crippen molar-refractivity contribution >= 4 is 0 Å². The van der Waals surface area contributed by atoms with Crippen molar-refractivity contribution in [2.75, 3.05) is 26.7 Å². The summed E-state index contributed by atoms with van der Waals surface area (Å²) in [5.41, 5.74) is 0. The van der Waals surface area contributed by atoms with Crippen molar-refractivity contribution < 1.29 is 0 Å². The first-order chi connectivity index (χ1) is 6.59. The Labute approximate surface area is 90.1 Å². The molecule has 0 aliphatic rings. The lowest BCUT2D eigenvalue weighted by atomic mass is 10.1. The van der Waals surface area contributed by atoms with Crippen LogP contribution in [0.2, 0.25) is 0 Å². The van der Waals surface area contributed by atoms with E-state index in [1.807, 2.05) is 0 Å². The van der Waals surface area contributed by atoms with Gasteiger partial charge in [-0.3, -0.25) is 0 Å². The molecule has 0 bridgehead atoms. The monoisotopic (exact) mass is 200 g/mol. The molecular weight excluding hydrogens is 172 g/mol. The van der Waals surface area contributed by atoms with E-state index in [1.165, 1.54) is 19.4 Å². The highest BCUT2D eigenvalue weighted by molar-refractivity contribution is 4.66. The summed E-state index contributed by atoms with van der Waals surface area (Å²) in [6.45, 7) is 12.6. The fourth-order valence-corrected chi connectivity index (χ4v) is 1.47. The first-order valence-electron chi connectivity index (χ1n) is 6.00. The molecule has 0 aliphatic carbocycles. The van der Waals surface area contributed by atoms with Gasteiger partial charge in [0.25, 0.3) is 0 Å². The minimum absolute atomic E-state index is 0.696. The molecule has 2 heteroatoms.